The lowest BCUT2D eigenvalue weighted by atomic mass is 9.93. The second-order valence-electron chi connectivity index (χ2n) is 11.1. The zero-order valence-corrected chi connectivity index (χ0v) is 24.7. The first-order valence-corrected chi connectivity index (χ1v) is 14.1. The largest absolute Gasteiger partial charge is 0.493 e. The number of hydrogen-bond acceptors (Lipinski definition) is 9. The number of nitrogens with zero attached hydrogens (tertiary/aromatic N) is 3. The highest BCUT2D eigenvalue weighted by atomic mass is 19.1. The van der Waals surface area contributed by atoms with Crippen molar-refractivity contribution in [3.63, 3.8) is 0 Å². The molecule has 3 heterocycles. The Kier molecular flexibility index (Phi) is 9.27. The monoisotopic (exact) mass is 593 g/mol. The molecule has 228 valence electrons. The molecule has 2 amide bonds. The van der Waals surface area contributed by atoms with Crippen LogP contribution in [0.2, 0.25) is 0 Å². The number of pyridine rings is 1. The summed E-state index contributed by atoms with van der Waals surface area (Å²) >= 11 is 0. The molecule has 0 radical (unpaired) electrons. The van der Waals surface area contributed by atoms with Gasteiger partial charge in [0.1, 0.15) is 11.5 Å². The Balaban J connectivity index is 1.23. The maximum atomic E-state index is 15.1. The van der Waals surface area contributed by atoms with Crippen LogP contribution >= 0.6 is 0 Å². The van der Waals surface area contributed by atoms with E-state index in [0.717, 1.165) is 39.3 Å². The molecule has 1 fully saturated rings. The molecule has 0 unspecified atom stereocenters. The molecule has 2 aromatic heterocycles. The average molecular weight is 594 g/mol. The van der Waals surface area contributed by atoms with Crippen LogP contribution in [0, 0.1) is 5.82 Å². The molecule has 2 N–H and O–H groups in total. The number of aromatic nitrogens is 2. The van der Waals surface area contributed by atoms with Gasteiger partial charge in [0.25, 0.3) is 0 Å². The number of rotatable bonds is 10. The van der Waals surface area contributed by atoms with E-state index in [-0.39, 0.29) is 22.7 Å². The molecule has 0 atom stereocenters. The SMILES string of the molecule is COc1cc2c(Oc3ccc(NC(=O)Nc4cc(C(C)(C)C)on4)cc3F)ccnc2cc1OCCCN1CCOCC1. The number of halogens is 1. The van der Waals surface area contributed by atoms with Gasteiger partial charge in [-0.2, -0.15) is 0 Å². The van der Waals surface area contributed by atoms with Gasteiger partial charge in [0, 0.05) is 60.5 Å². The topological polar surface area (TPSA) is 120 Å². The summed E-state index contributed by atoms with van der Waals surface area (Å²) in [5.41, 5.74) is 0.588. The second-order valence-corrected chi connectivity index (χ2v) is 11.1. The van der Waals surface area contributed by atoms with Gasteiger partial charge in [-0.1, -0.05) is 25.9 Å². The summed E-state index contributed by atoms with van der Waals surface area (Å²) in [6, 6.07) is 10.4. The highest BCUT2D eigenvalue weighted by Crippen LogP contribution is 2.38. The van der Waals surface area contributed by atoms with E-state index in [4.69, 9.17) is 23.5 Å². The minimum Gasteiger partial charge on any atom is -0.493 e. The minimum absolute atomic E-state index is 0.0211. The summed E-state index contributed by atoms with van der Waals surface area (Å²) in [5.74, 6) is 1.68. The van der Waals surface area contributed by atoms with Crippen LogP contribution in [0.3, 0.4) is 0 Å². The number of nitrogens with one attached hydrogen (secondary N) is 2. The first-order chi connectivity index (χ1) is 20.7. The summed E-state index contributed by atoms with van der Waals surface area (Å²) in [6.45, 7) is 10.8. The second kappa shape index (κ2) is 13.3. The summed E-state index contributed by atoms with van der Waals surface area (Å²) in [5, 5.41) is 9.64. The molecule has 0 spiro atoms. The van der Waals surface area contributed by atoms with Crippen LogP contribution in [-0.4, -0.2) is 67.6 Å². The van der Waals surface area contributed by atoms with E-state index in [1.54, 1.807) is 37.6 Å². The van der Waals surface area contributed by atoms with Gasteiger partial charge >= 0.3 is 6.03 Å². The Morgan fingerprint density at radius 3 is 2.56 bits per heavy atom. The quantitative estimate of drug-likeness (QED) is 0.207. The molecule has 12 heteroatoms. The number of carbonyl (C=O) groups is 1. The smallest absolute Gasteiger partial charge is 0.324 e. The molecule has 2 aromatic carbocycles. The van der Waals surface area contributed by atoms with Gasteiger partial charge in [-0.15, -0.1) is 0 Å². The lowest BCUT2D eigenvalue weighted by Gasteiger charge is -2.26. The first kappa shape index (κ1) is 30.1. The number of amides is 2. The lowest BCUT2D eigenvalue weighted by molar-refractivity contribution is 0.0357. The fourth-order valence-corrected chi connectivity index (χ4v) is 4.53. The summed E-state index contributed by atoms with van der Waals surface area (Å²) in [7, 11) is 1.56. The number of benzene rings is 2. The normalized spacial score (nSPS) is 14.0. The number of morpholine rings is 1. The maximum Gasteiger partial charge on any atom is 0.324 e. The first-order valence-electron chi connectivity index (χ1n) is 14.1. The predicted molar refractivity (Wildman–Crippen MR) is 160 cm³/mol. The highest BCUT2D eigenvalue weighted by molar-refractivity contribution is 5.99. The molecule has 11 nitrogen and oxygen atoms in total. The van der Waals surface area contributed by atoms with Gasteiger partial charge in [0.05, 0.1) is 32.4 Å². The summed E-state index contributed by atoms with van der Waals surface area (Å²) in [6.07, 6.45) is 2.45. The molecule has 4 aromatic rings. The number of fused-ring (bicyclic) bond motifs is 1. The van der Waals surface area contributed by atoms with Crippen LogP contribution in [0.5, 0.6) is 23.0 Å². The van der Waals surface area contributed by atoms with E-state index in [0.29, 0.717) is 40.5 Å². The van der Waals surface area contributed by atoms with E-state index in [1.165, 1.54) is 18.2 Å². The molecule has 5 rings (SSSR count). The van der Waals surface area contributed by atoms with Crippen LogP contribution in [0.1, 0.15) is 33.0 Å². The maximum absolute atomic E-state index is 15.1. The molecule has 0 bridgehead atoms. The van der Waals surface area contributed by atoms with Crippen molar-refractivity contribution < 1.29 is 32.7 Å². The zero-order chi connectivity index (χ0) is 30.4. The molecule has 43 heavy (non-hydrogen) atoms. The van der Waals surface area contributed by atoms with Crippen molar-refractivity contribution in [2.45, 2.75) is 32.6 Å². The Labute approximate surface area is 249 Å². The third kappa shape index (κ3) is 7.70. The third-order valence-electron chi connectivity index (χ3n) is 6.87. The Hall–Kier alpha value is -4.42. The van der Waals surface area contributed by atoms with Crippen LogP contribution in [0.4, 0.5) is 20.7 Å². The van der Waals surface area contributed by atoms with Gasteiger partial charge in [-0.05, 0) is 30.7 Å². The number of hydrogen-bond donors (Lipinski definition) is 2. The van der Waals surface area contributed by atoms with Crippen LogP contribution in [-0.2, 0) is 10.2 Å². The number of ether oxygens (including phenoxy) is 4. The minimum atomic E-state index is -0.661. The Morgan fingerprint density at radius 1 is 1.02 bits per heavy atom. The van der Waals surface area contributed by atoms with E-state index >= 15 is 4.39 Å². The van der Waals surface area contributed by atoms with Crippen LogP contribution in [0.25, 0.3) is 10.9 Å². The summed E-state index contributed by atoms with van der Waals surface area (Å²) in [4.78, 5) is 19.2. The van der Waals surface area contributed by atoms with Crippen molar-refractivity contribution in [3.05, 3.63) is 60.2 Å². The van der Waals surface area contributed by atoms with Crippen LogP contribution in [0.15, 0.2) is 53.2 Å². The van der Waals surface area contributed by atoms with Crippen molar-refractivity contribution in [2.24, 2.45) is 0 Å². The van der Waals surface area contributed by atoms with Crippen molar-refractivity contribution >= 4 is 28.4 Å². The Bertz CT molecular complexity index is 1560. The molecule has 1 aliphatic rings. The summed E-state index contributed by atoms with van der Waals surface area (Å²) < 4.78 is 43.3. The van der Waals surface area contributed by atoms with E-state index in [2.05, 4.69) is 25.7 Å². The number of carbonyl (C=O) groups excluding carboxylic acids is 1. The van der Waals surface area contributed by atoms with E-state index in [1.807, 2.05) is 20.8 Å². The lowest BCUT2D eigenvalue weighted by Crippen LogP contribution is -2.37. The van der Waals surface area contributed by atoms with Gasteiger partial charge in [0.2, 0.25) is 0 Å². The van der Waals surface area contributed by atoms with Crippen molar-refractivity contribution in [1.29, 1.82) is 0 Å². The molecule has 0 saturated carbocycles. The number of urea groups is 1. The van der Waals surface area contributed by atoms with Crippen LogP contribution < -0.4 is 24.8 Å². The van der Waals surface area contributed by atoms with E-state index < -0.39 is 11.8 Å². The zero-order valence-electron chi connectivity index (χ0n) is 24.7. The number of anilines is 2. The fourth-order valence-electron chi connectivity index (χ4n) is 4.53. The third-order valence-corrected chi connectivity index (χ3v) is 6.87. The predicted octanol–water partition coefficient (Wildman–Crippen LogP) is 6.21. The van der Waals surface area contributed by atoms with Gasteiger partial charge in [0.15, 0.2) is 28.9 Å². The highest BCUT2D eigenvalue weighted by Gasteiger charge is 2.21. The van der Waals surface area contributed by atoms with Crippen molar-refractivity contribution in [1.82, 2.24) is 15.0 Å². The van der Waals surface area contributed by atoms with Crippen molar-refractivity contribution in [2.75, 3.05) is 57.2 Å². The average Bonchev–Trinajstić information content (AvgIpc) is 3.46. The van der Waals surface area contributed by atoms with Gasteiger partial charge < -0.3 is 28.8 Å². The fraction of sp³-hybridized carbons (Fsp3) is 0.387. The standard InChI is InChI=1S/C31H36FN5O6/c1-31(2,3)28-19-29(36-43-28)35-30(38)34-20-6-7-25(22(32)16-20)42-24-8-9-33-23-18-27(26(39-4)17-21(23)24)41-13-5-10-37-11-14-40-15-12-37/h6-9,16-19H,5,10-15H2,1-4H3,(H2,34,35,36,38). The molecule has 0 aliphatic carbocycles. The van der Waals surface area contributed by atoms with Gasteiger partial charge in [-0.3, -0.25) is 15.2 Å². The Morgan fingerprint density at radius 2 is 1.84 bits per heavy atom. The molecule has 1 saturated heterocycles. The molecular formula is C31H36FN5O6. The number of methoxy groups -OCH3 is 1. The van der Waals surface area contributed by atoms with Crippen molar-refractivity contribution in [3.8, 4) is 23.0 Å². The molecular weight excluding hydrogens is 557 g/mol. The van der Waals surface area contributed by atoms with Gasteiger partial charge in [-0.25, -0.2) is 9.18 Å². The molecule has 1 aliphatic heterocycles. The van der Waals surface area contributed by atoms with E-state index in [9.17, 15) is 4.79 Å².